The largest absolute Gasteiger partial charge is 0.389 e. The smallest absolute Gasteiger partial charge is 0.253 e. The maximum Gasteiger partial charge on any atom is 0.253 e. The molecule has 4 rings (SSSR count). The molecule has 0 atom stereocenters. The van der Waals surface area contributed by atoms with Crippen LogP contribution in [0.3, 0.4) is 0 Å². The lowest BCUT2D eigenvalue weighted by Gasteiger charge is -2.38. The molecule has 0 unspecified atom stereocenters. The molecule has 2 N–H and O–H groups in total. The fraction of sp³-hybridized carbons (Fsp3) is 0.231. The van der Waals surface area contributed by atoms with E-state index in [2.05, 4.69) is 10.8 Å². The number of anilines is 1. The van der Waals surface area contributed by atoms with E-state index in [1.807, 2.05) is 71.6 Å². The number of nitrogens with one attached hydrogen (secondary N) is 1. The molecule has 1 aliphatic heterocycles. The van der Waals surface area contributed by atoms with Gasteiger partial charge in [0.2, 0.25) is 0 Å². The second-order valence-electron chi connectivity index (χ2n) is 8.10. The van der Waals surface area contributed by atoms with Crippen LogP contribution >= 0.6 is 11.9 Å². The second-order valence-corrected chi connectivity index (χ2v) is 8.98. The predicted molar refractivity (Wildman–Crippen MR) is 127 cm³/mol. The Hall–Kier alpha value is -3.27. The Labute approximate surface area is 192 Å². The van der Waals surface area contributed by atoms with Crippen molar-refractivity contribution >= 4 is 23.5 Å². The van der Waals surface area contributed by atoms with Gasteiger partial charge in [-0.2, -0.15) is 5.26 Å². The van der Waals surface area contributed by atoms with E-state index in [4.69, 9.17) is 5.26 Å². The zero-order valence-electron chi connectivity index (χ0n) is 17.7. The van der Waals surface area contributed by atoms with Crippen LogP contribution in [-0.2, 0) is 6.42 Å². The molecule has 5 nitrogen and oxygen atoms in total. The van der Waals surface area contributed by atoms with Crippen LogP contribution in [0.25, 0.3) is 0 Å². The summed E-state index contributed by atoms with van der Waals surface area (Å²) in [6.45, 7) is 1.10. The first-order valence-electron chi connectivity index (χ1n) is 10.6. The predicted octanol–water partition coefficient (Wildman–Crippen LogP) is 4.89. The van der Waals surface area contributed by atoms with Gasteiger partial charge >= 0.3 is 0 Å². The van der Waals surface area contributed by atoms with E-state index < -0.39 is 5.60 Å². The summed E-state index contributed by atoms with van der Waals surface area (Å²) >= 11 is 1.45. The molecule has 0 saturated carbocycles. The lowest BCUT2D eigenvalue weighted by atomic mass is 9.85. The zero-order valence-corrected chi connectivity index (χ0v) is 18.5. The molecular formula is C26H25N3O2S. The van der Waals surface area contributed by atoms with Gasteiger partial charge in [0.25, 0.3) is 5.91 Å². The monoisotopic (exact) mass is 443 g/mol. The van der Waals surface area contributed by atoms with Gasteiger partial charge in [-0.25, -0.2) is 0 Å². The molecule has 0 aromatic heterocycles. The average Bonchev–Trinajstić information content (AvgIpc) is 2.84. The number of benzene rings is 3. The van der Waals surface area contributed by atoms with Gasteiger partial charge in [0.15, 0.2) is 0 Å². The molecule has 0 radical (unpaired) electrons. The first kappa shape index (κ1) is 21.9. The highest BCUT2D eigenvalue weighted by molar-refractivity contribution is 8.00. The summed E-state index contributed by atoms with van der Waals surface area (Å²) in [5.74, 6) is -0.00180. The van der Waals surface area contributed by atoms with Gasteiger partial charge in [0.05, 0.1) is 17.2 Å². The summed E-state index contributed by atoms with van der Waals surface area (Å²) in [6, 6.07) is 26.9. The summed E-state index contributed by atoms with van der Waals surface area (Å²) in [5, 5.41) is 19.8. The molecule has 1 fully saturated rings. The summed E-state index contributed by atoms with van der Waals surface area (Å²) in [6.07, 6.45) is 1.77. The SMILES string of the molecule is N#Cc1ccc(SNc2ccc(C(=O)N3CCC(O)(Cc4ccccc4)CC3)cc2)cc1. The van der Waals surface area contributed by atoms with Crippen LogP contribution in [0.4, 0.5) is 5.69 Å². The van der Waals surface area contributed by atoms with Crippen LogP contribution in [0, 0.1) is 11.3 Å². The highest BCUT2D eigenvalue weighted by atomic mass is 32.2. The molecule has 0 bridgehead atoms. The Balaban J connectivity index is 1.29. The number of rotatable bonds is 6. The molecule has 3 aromatic carbocycles. The van der Waals surface area contributed by atoms with Crippen molar-refractivity contribution in [1.82, 2.24) is 4.90 Å². The Bertz CT molecular complexity index is 1080. The lowest BCUT2D eigenvalue weighted by molar-refractivity contribution is -0.0162. The number of likely N-dealkylation sites (tertiary alicyclic amines) is 1. The van der Waals surface area contributed by atoms with Crippen molar-refractivity contribution in [2.24, 2.45) is 0 Å². The quantitative estimate of drug-likeness (QED) is 0.531. The van der Waals surface area contributed by atoms with E-state index >= 15 is 0 Å². The van der Waals surface area contributed by atoms with Gasteiger partial charge in [-0.05, 0) is 78.9 Å². The van der Waals surface area contributed by atoms with Crippen LogP contribution in [0.1, 0.15) is 34.3 Å². The minimum absolute atomic E-state index is 0.00180. The number of piperidine rings is 1. The lowest BCUT2D eigenvalue weighted by Crippen LogP contribution is -2.47. The third-order valence-electron chi connectivity index (χ3n) is 5.76. The number of amides is 1. The number of aliphatic hydroxyl groups is 1. The van der Waals surface area contributed by atoms with E-state index in [0.717, 1.165) is 16.1 Å². The Kier molecular flexibility index (Phi) is 6.79. The van der Waals surface area contributed by atoms with Gasteiger partial charge in [0, 0.05) is 35.7 Å². The fourth-order valence-corrected chi connectivity index (χ4v) is 4.50. The van der Waals surface area contributed by atoms with E-state index in [1.165, 1.54) is 11.9 Å². The van der Waals surface area contributed by atoms with Crippen LogP contribution in [0.5, 0.6) is 0 Å². The minimum atomic E-state index is -0.755. The van der Waals surface area contributed by atoms with Gasteiger partial charge in [-0.15, -0.1) is 0 Å². The molecule has 3 aromatic rings. The van der Waals surface area contributed by atoms with Crippen LogP contribution in [-0.4, -0.2) is 34.6 Å². The van der Waals surface area contributed by atoms with Crippen LogP contribution in [0.15, 0.2) is 83.8 Å². The van der Waals surface area contributed by atoms with Crippen molar-refractivity contribution < 1.29 is 9.90 Å². The van der Waals surface area contributed by atoms with Crippen molar-refractivity contribution in [3.8, 4) is 6.07 Å². The molecule has 1 aliphatic rings. The Morgan fingerprint density at radius 2 is 1.66 bits per heavy atom. The summed E-state index contributed by atoms with van der Waals surface area (Å²) in [5.41, 5.74) is 2.54. The molecule has 1 amide bonds. The standard InChI is InChI=1S/C26H25N3O2S/c27-19-21-6-12-24(13-7-21)32-28-23-10-8-22(9-11-23)25(30)29-16-14-26(31,15-17-29)18-20-4-2-1-3-5-20/h1-13,28,31H,14-18H2. The van der Waals surface area contributed by atoms with E-state index in [0.29, 0.717) is 43.5 Å². The molecule has 0 spiro atoms. The number of nitrogens with zero attached hydrogens (tertiary/aromatic N) is 2. The highest BCUT2D eigenvalue weighted by Gasteiger charge is 2.34. The van der Waals surface area contributed by atoms with E-state index in [1.54, 1.807) is 12.1 Å². The first-order valence-corrected chi connectivity index (χ1v) is 11.4. The normalized spacial score (nSPS) is 15.1. The maximum absolute atomic E-state index is 12.9. The van der Waals surface area contributed by atoms with Crippen LogP contribution in [0.2, 0.25) is 0 Å². The molecule has 1 heterocycles. The van der Waals surface area contributed by atoms with E-state index in [9.17, 15) is 9.90 Å². The average molecular weight is 444 g/mol. The minimum Gasteiger partial charge on any atom is -0.389 e. The summed E-state index contributed by atoms with van der Waals surface area (Å²) in [7, 11) is 0. The van der Waals surface area contributed by atoms with E-state index in [-0.39, 0.29) is 5.91 Å². The molecular weight excluding hydrogens is 418 g/mol. The molecule has 0 aliphatic carbocycles. The molecule has 32 heavy (non-hydrogen) atoms. The van der Waals surface area contributed by atoms with Gasteiger partial charge in [0.1, 0.15) is 0 Å². The maximum atomic E-state index is 12.9. The third kappa shape index (κ3) is 5.50. The molecule has 162 valence electrons. The number of hydrogen-bond donors (Lipinski definition) is 2. The first-order chi connectivity index (χ1) is 15.5. The fourth-order valence-electron chi connectivity index (χ4n) is 3.86. The van der Waals surface area contributed by atoms with Crippen LogP contribution < -0.4 is 4.72 Å². The number of carbonyl (C=O) groups excluding carboxylic acids is 1. The number of hydrogen-bond acceptors (Lipinski definition) is 5. The second kappa shape index (κ2) is 9.90. The highest BCUT2D eigenvalue weighted by Crippen LogP contribution is 2.28. The molecule has 6 heteroatoms. The van der Waals surface area contributed by atoms with Gasteiger partial charge in [-0.1, -0.05) is 30.3 Å². The Morgan fingerprint density at radius 3 is 2.28 bits per heavy atom. The van der Waals surface area contributed by atoms with Gasteiger partial charge < -0.3 is 14.7 Å². The zero-order chi connectivity index (χ0) is 22.4. The van der Waals surface area contributed by atoms with Crippen molar-refractivity contribution in [1.29, 1.82) is 5.26 Å². The van der Waals surface area contributed by atoms with Gasteiger partial charge in [-0.3, -0.25) is 4.79 Å². The Morgan fingerprint density at radius 1 is 1.00 bits per heavy atom. The summed E-state index contributed by atoms with van der Waals surface area (Å²) < 4.78 is 3.25. The number of carbonyl (C=O) groups is 1. The summed E-state index contributed by atoms with van der Waals surface area (Å²) in [4.78, 5) is 15.7. The van der Waals surface area contributed by atoms with Crippen molar-refractivity contribution in [2.75, 3.05) is 17.8 Å². The van der Waals surface area contributed by atoms with Crippen molar-refractivity contribution in [2.45, 2.75) is 29.8 Å². The third-order valence-corrected chi connectivity index (χ3v) is 6.61. The van der Waals surface area contributed by atoms with Crippen molar-refractivity contribution in [3.63, 3.8) is 0 Å². The molecule has 1 saturated heterocycles. The number of nitriles is 1. The topological polar surface area (TPSA) is 76.4 Å². The van der Waals surface area contributed by atoms with Crippen molar-refractivity contribution in [3.05, 3.63) is 95.6 Å².